The molecular formula is C25H40FNO4. The first-order chi connectivity index (χ1) is 15.0. The number of benzene rings is 1. The van der Waals surface area contributed by atoms with Crippen molar-refractivity contribution in [1.82, 2.24) is 0 Å². The Balaban J connectivity index is 1.90. The molecule has 2 aliphatic heterocycles. The number of hydrogen-bond acceptors (Lipinski definition) is 5. The zero-order valence-electron chi connectivity index (χ0n) is 19.8. The molecule has 0 bridgehead atoms. The maximum absolute atomic E-state index is 14.1. The predicted octanol–water partition coefficient (Wildman–Crippen LogP) is 6.82. The van der Waals surface area contributed by atoms with Crippen LogP contribution in [0.3, 0.4) is 0 Å². The van der Waals surface area contributed by atoms with Crippen molar-refractivity contribution in [2.45, 2.75) is 117 Å². The fraction of sp³-hybridized carbons (Fsp3) is 0.760. The van der Waals surface area contributed by atoms with Crippen LogP contribution in [0.2, 0.25) is 0 Å². The first kappa shape index (κ1) is 24.3. The molecule has 31 heavy (non-hydrogen) atoms. The maximum atomic E-state index is 14.1. The van der Waals surface area contributed by atoms with E-state index in [1.54, 1.807) is 0 Å². The Morgan fingerprint density at radius 3 is 2.35 bits per heavy atom. The minimum absolute atomic E-state index is 0.274. The van der Waals surface area contributed by atoms with Gasteiger partial charge >= 0.3 is 0 Å². The van der Waals surface area contributed by atoms with Gasteiger partial charge in [0.1, 0.15) is 11.4 Å². The first-order valence-electron chi connectivity index (χ1n) is 12.2. The van der Waals surface area contributed by atoms with Crippen LogP contribution in [0, 0.1) is 12.8 Å². The maximum Gasteiger partial charge on any atom is 0.242 e. The number of anilines is 1. The molecule has 3 atom stereocenters. The van der Waals surface area contributed by atoms with Gasteiger partial charge in [-0.05, 0) is 44.2 Å². The summed E-state index contributed by atoms with van der Waals surface area (Å²) < 4.78 is 26.2. The minimum Gasteiger partial charge on any atom is -0.458 e. The van der Waals surface area contributed by atoms with Crippen LogP contribution in [0.5, 0.6) is 5.75 Å². The SMILES string of the molecule is CCCC(CCC)C1OOC(CCC)(CCC)C(Nc2ccc(C)c3c2OC(F)C3)O1. The zero-order chi connectivity index (χ0) is 22.4. The van der Waals surface area contributed by atoms with Gasteiger partial charge in [-0.25, -0.2) is 14.2 Å². The molecule has 1 saturated heterocycles. The molecule has 1 fully saturated rings. The summed E-state index contributed by atoms with van der Waals surface area (Å²) in [6, 6.07) is 3.97. The molecule has 3 rings (SSSR count). The third kappa shape index (κ3) is 5.35. The molecular weight excluding hydrogens is 397 g/mol. The van der Waals surface area contributed by atoms with Crippen LogP contribution >= 0.6 is 0 Å². The monoisotopic (exact) mass is 437 g/mol. The van der Waals surface area contributed by atoms with Crippen LogP contribution in [-0.4, -0.2) is 24.5 Å². The Morgan fingerprint density at radius 1 is 1.06 bits per heavy atom. The number of alkyl halides is 1. The molecule has 2 aliphatic rings. The van der Waals surface area contributed by atoms with Gasteiger partial charge in [0, 0.05) is 17.9 Å². The summed E-state index contributed by atoms with van der Waals surface area (Å²) in [6.07, 6.45) is 5.83. The van der Waals surface area contributed by atoms with E-state index < -0.39 is 24.5 Å². The molecule has 1 N–H and O–H groups in total. The third-order valence-corrected chi connectivity index (χ3v) is 6.50. The van der Waals surface area contributed by atoms with Gasteiger partial charge in [-0.15, -0.1) is 0 Å². The highest BCUT2D eigenvalue weighted by molar-refractivity contribution is 5.64. The average molecular weight is 438 g/mol. The Hall–Kier alpha value is -1.37. The van der Waals surface area contributed by atoms with Gasteiger partial charge in [0.25, 0.3) is 0 Å². The van der Waals surface area contributed by atoms with Crippen LogP contribution in [0.25, 0.3) is 0 Å². The molecule has 0 spiro atoms. The zero-order valence-corrected chi connectivity index (χ0v) is 19.8. The average Bonchev–Trinajstić information content (AvgIpc) is 3.14. The highest BCUT2D eigenvalue weighted by Crippen LogP contribution is 2.43. The summed E-state index contributed by atoms with van der Waals surface area (Å²) in [5.74, 6) is 0.871. The molecule has 0 aromatic heterocycles. The van der Waals surface area contributed by atoms with Crippen molar-refractivity contribution in [2.75, 3.05) is 5.32 Å². The van der Waals surface area contributed by atoms with E-state index in [1.807, 2.05) is 19.1 Å². The molecule has 0 radical (unpaired) electrons. The van der Waals surface area contributed by atoms with E-state index in [4.69, 9.17) is 19.2 Å². The van der Waals surface area contributed by atoms with Gasteiger partial charge in [-0.1, -0.05) is 59.4 Å². The molecule has 0 aliphatic carbocycles. The molecule has 176 valence electrons. The standard InChI is InChI=1S/C25H40FNO4/c1-6-10-18(11-7-2)23-29-24(25(14-8-3,15-9-4)31-30-23)27-20-13-12-17(5)19-16-21(26)28-22(19)20/h12-13,18,21,23-24,27H,6-11,14-16H2,1-5H3. The van der Waals surface area contributed by atoms with E-state index in [0.717, 1.165) is 68.2 Å². The summed E-state index contributed by atoms with van der Waals surface area (Å²) >= 11 is 0. The summed E-state index contributed by atoms with van der Waals surface area (Å²) in [5.41, 5.74) is 2.12. The molecule has 6 heteroatoms. The van der Waals surface area contributed by atoms with Crippen LogP contribution in [0.4, 0.5) is 10.1 Å². The Bertz CT molecular complexity index is 701. The summed E-state index contributed by atoms with van der Waals surface area (Å²) in [7, 11) is 0. The van der Waals surface area contributed by atoms with E-state index in [-0.39, 0.29) is 12.3 Å². The number of ether oxygens (including phenoxy) is 2. The van der Waals surface area contributed by atoms with Gasteiger partial charge in [0.2, 0.25) is 6.36 Å². The Kier molecular flexibility index (Phi) is 8.59. The predicted molar refractivity (Wildman–Crippen MR) is 121 cm³/mol. The number of nitrogens with one attached hydrogen (secondary N) is 1. The smallest absolute Gasteiger partial charge is 0.242 e. The number of rotatable bonds is 11. The fourth-order valence-electron chi connectivity index (χ4n) is 5.00. The number of aryl methyl sites for hydroxylation is 1. The second-order valence-electron chi connectivity index (χ2n) is 9.08. The minimum atomic E-state index is -1.30. The van der Waals surface area contributed by atoms with Crippen molar-refractivity contribution >= 4 is 5.69 Å². The van der Waals surface area contributed by atoms with Crippen molar-refractivity contribution in [2.24, 2.45) is 5.92 Å². The van der Waals surface area contributed by atoms with Crippen LogP contribution < -0.4 is 10.1 Å². The highest BCUT2D eigenvalue weighted by Gasteiger charge is 2.48. The van der Waals surface area contributed by atoms with Gasteiger partial charge < -0.3 is 14.8 Å². The van der Waals surface area contributed by atoms with Crippen molar-refractivity contribution < 1.29 is 23.6 Å². The van der Waals surface area contributed by atoms with Crippen molar-refractivity contribution in [1.29, 1.82) is 0 Å². The second kappa shape index (κ2) is 11.0. The lowest BCUT2D eigenvalue weighted by Crippen LogP contribution is -2.57. The number of fused-ring (bicyclic) bond motifs is 1. The normalized spacial score (nSPS) is 24.8. The lowest BCUT2D eigenvalue weighted by atomic mass is 9.89. The van der Waals surface area contributed by atoms with Gasteiger partial charge in [0.05, 0.1) is 5.69 Å². The summed E-state index contributed by atoms with van der Waals surface area (Å²) in [6.45, 7) is 10.6. The van der Waals surface area contributed by atoms with E-state index in [9.17, 15) is 4.39 Å². The number of halogens is 1. The van der Waals surface area contributed by atoms with E-state index in [0.29, 0.717) is 5.75 Å². The van der Waals surface area contributed by atoms with E-state index in [2.05, 4.69) is 33.0 Å². The molecule has 1 aromatic rings. The van der Waals surface area contributed by atoms with Gasteiger partial charge in [0.15, 0.2) is 12.5 Å². The van der Waals surface area contributed by atoms with Crippen molar-refractivity contribution in [3.8, 4) is 5.75 Å². The first-order valence-corrected chi connectivity index (χ1v) is 12.2. The Labute approximate surface area is 186 Å². The van der Waals surface area contributed by atoms with Crippen molar-refractivity contribution in [3.63, 3.8) is 0 Å². The molecule has 0 amide bonds. The highest BCUT2D eigenvalue weighted by atomic mass is 19.1. The topological polar surface area (TPSA) is 49.0 Å². The van der Waals surface area contributed by atoms with Crippen LogP contribution in [0.1, 0.15) is 90.2 Å². The fourth-order valence-corrected chi connectivity index (χ4v) is 5.00. The van der Waals surface area contributed by atoms with Crippen LogP contribution in [0.15, 0.2) is 12.1 Å². The van der Waals surface area contributed by atoms with Crippen LogP contribution in [-0.2, 0) is 20.9 Å². The van der Waals surface area contributed by atoms with Gasteiger partial charge in [-0.2, -0.15) is 0 Å². The number of hydrogen-bond donors (Lipinski definition) is 1. The molecule has 2 heterocycles. The molecule has 3 unspecified atom stereocenters. The molecule has 5 nitrogen and oxygen atoms in total. The summed E-state index contributed by atoms with van der Waals surface area (Å²) in [4.78, 5) is 12.1. The van der Waals surface area contributed by atoms with E-state index >= 15 is 0 Å². The second-order valence-corrected chi connectivity index (χ2v) is 9.08. The lowest BCUT2D eigenvalue weighted by molar-refractivity contribution is -0.496. The molecule has 0 saturated carbocycles. The summed E-state index contributed by atoms with van der Waals surface area (Å²) in [5, 5.41) is 3.54. The third-order valence-electron chi connectivity index (χ3n) is 6.50. The van der Waals surface area contributed by atoms with E-state index in [1.165, 1.54) is 0 Å². The largest absolute Gasteiger partial charge is 0.458 e. The molecule has 1 aromatic carbocycles. The Morgan fingerprint density at radius 2 is 1.74 bits per heavy atom. The van der Waals surface area contributed by atoms with Gasteiger partial charge in [-0.3, -0.25) is 0 Å². The van der Waals surface area contributed by atoms with Crippen molar-refractivity contribution in [3.05, 3.63) is 23.3 Å². The lowest BCUT2D eigenvalue weighted by Gasteiger charge is -2.47. The quantitative estimate of drug-likeness (QED) is 0.385.